The van der Waals surface area contributed by atoms with Gasteiger partial charge in [0.1, 0.15) is 23.1 Å². The van der Waals surface area contributed by atoms with Crippen LogP contribution in [-0.2, 0) is 9.53 Å². The number of aromatic nitrogens is 2. The Balaban J connectivity index is 1.77. The lowest BCUT2D eigenvalue weighted by Gasteiger charge is -2.31. The maximum absolute atomic E-state index is 12.6. The summed E-state index contributed by atoms with van der Waals surface area (Å²) in [7, 11) is 0. The fraction of sp³-hybridized carbons (Fsp3) is 0.450. The molecule has 5 N–H and O–H groups in total. The van der Waals surface area contributed by atoms with Crippen molar-refractivity contribution in [2.24, 2.45) is 0 Å². The number of thioether (sulfide) groups is 1. The highest BCUT2D eigenvalue weighted by atomic mass is 32.2. The van der Waals surface area contributed by atoms with Crippen molar-refractivity contribution < 1.29 is 19.0 Å². The van der Waals surface area contributed by atoms with Crippen LogP contribution in [0.5, 0.6) is 11.5 Å². The third-order valence-corrected chi connectivity index (χ3v) is 5.21. The van der Waals surface area contributed by atoms with Crippen LogP contribution in [0.2, 0.25) is 0 Å². The zero-order valence-corrected chi connectivity index (χ0v) is 18.5. The van der Waals surface area contributed by atoms with Crippen LogP contribution in [-0.4, -0.2) is 61.1 Å². The molecule has 31 heavy (non-hydrogen) atoms. The molecule has 10 nitrogen and oxygen atoms in total. The Kier molecular flexibility index (Phi) is 8.01. The van der Waals surface area contributed by atoms with E-state index < -0.39 is 0 Å². The Morgan fingerprint density at radius 3 is 2.39 bits per heavy atom. The summed E-state index contributed by atoms with van der Waals surface area (Å²) in [5, 5.41) is 3.24. The molecule has 1 aromatic carbocycles. The summed E-state index contributed by atoms with van der Waals surface area (Å²) in [5.74, 6) is 1.63. The Morgan fingerprint density at radius 2 is 1.74 bits per heavy atom. The predicted molar refractivity (Wildman–Crippen MR) is 122 cm³/mol. The van der Waals surface area contributed by atoms with Gasteiger partial charge in [0, 0.05) is 31.3 Å². The van der Waals surface area contributed by atoms with Gasteiger partial charge in [0.25, 0.3) is 0 Å². The van der Waals surface area contributed by atoms with Crippen molar-refractivity contribution in [2.45, 2.75) is 19.0 Å². The summed E-state index contributed by atoms with van der Waals surface area (Å²) < 4.78 is 17.1. The van der Waals surface area contributed by atoms with Gasteiger partial charge in [-0.05, 0) is 13.8 Å². The van der Waals surface area contributed by atoms with Gasteiger partial charge in [-0.2, -0.15) is 0 Å². The van der Waals surface area contributed by atoms with E-state index in [2.05, 4.69) is 20.2 Å². The highest BCUT2D eigenvalue weighted by Crippen LogP contribution is 2.39. The molecule has 2 aromatic rings. The number of anilines is 4. The molecule has 1 aliphatic rings. The first-order valence-electron chi connectivity index (χ1n) is 10.1. The smallest absolute Gasteiger partial charge is 0.234 e. The molecule has 0 bridgehead atoms. The van der Waals surface area contributed by atoms with Crippen LogP contribution in [0.25, 0.3) is 0 Å². The molecular formula is C20H28N6O4S. The van der Waals surface area contributed by atoms with Gasteiger partial charge in [0.15, 0.2) is 5.16 Å². The molecule has 0 aliphatic carbocycles. The zero-order valence-electron chi connectivity index (χ0n) is 17.7. The van der Waals surface area contributed by atoms with Gasteiger partial charge in [-0.3, -0.25) is 4.79 Å². The molecule has 1 fully saturated rings. The molecule has 11 heteroatoms. The number of carbonyl (C=O) groups excluding carboxylic acids is 1. The van der Waals surface area contributed by atoms with E-state index in [1.165, 1.54) is 6.07 Å². The summed E-state index contributed by atoms with van der Waals surface area (Å²) in [6, 6.07) is 5.17. The Bertz CT molecular complexity index is 887. The summed E-state index contributed by atoms with van der Waals surface area (Å²) >= 11 is 1.15. The quantitative estimate of drug-likeness (QED) is 0.386. The molecule has 3 rings (SSSR count). The predicted octanol–water partition coefficient (Wildman–Crippen LogP) is 2.01. The molecule has 0 radical (unpaired) electrons. The number of nitrogens with two attached hydrogens (primary N) is 2. The summed E-state index contributed by atoms with van der Waals surface area (Å²) in [6.45, 7) is 7.62. The van der Waals surface area contributed by atoms with E-state index in [1.807, 2.05) is 19.9 Å². The second-order valence-corrected chi connectivity index (χ2v) is 7.56. The van der Waals surface area contributed by atoms with Crippen LogP contribution in [0.3, 0.4) is 0 Å². The first-order valence-corrected chi connectivity index (χ1v) is 11.1. The van der Waals surface area contributed by atoms with Gasteiger partial charge in [0.2, 0.25) is 5.91 Å². The SMILES string of the molecule is CCOc1cc(N2CCOCC2)c(OCC)cc1NC(=O)CSc1nc(N)cc(N)n1. The lowest BCUT2D eigenvalue weighted by atomic mass is 10.2. The highest BCUT2D eigenvalue weighted by Gasteiger charge is 2.20. The van der Waals surface area contributed by atoms with E-state index in [-0.39, 0.29) is 23.3 Å². The molecule has 1 amide bonds. The van der Waals surface area contributed by atoms with E-state index in [0.717, 1.165) is 30.5 Å². The van der Waals surface area contributed by atoms with Crippen molar-refractivity contribution in [3.63, 3.8) is 0 Å². The molecule has 1 aromatic heterocycles. The average molecular weight is 449 g/mol. The van der Waals surface area contributed by atoms with E-state index in [1.54, 1.807) is 6.07 Å². The van der Waals surface area contributed by atoms with E-state index in [9.17, 15) is 4.79 Å². The van der Waals surface area contributed by atoms with Crippen LogP contribution < -0.4 is 31.2 Å². The van der Waals surface area contributed by atoms with Gasteiger partial charge >= 0.3 is 0 Å². The number of morpholine rings is 1. The van der Waals surface area contributed by atoms with Crippen LogP contribution >= 0.6 is 11.8 Å². The third-order valence-electron chi connectivity index (χ3n) is 4.36. The minimum absolute atomic E-state index is 0.0869. The van der Waals surface area contributed by atoms with Crippen molar-refractivity contribution in [3.05, 3.63) is 18.2 Å². The number of rotatable bonds is 9. The Hall–Kier alpha value is -2.92. The third kappa shape index (κ3) is 6.28. The molecule has 168 valence electrons. The lowest BCUT2D eigenvalue weighted by molar-refractivity contribution is -0.113. The Morgan fingerprint density at radius 1 is 1.10 bits per heavy atom. The van der Waals surface area contributed by atoms with Gasteiger partial charge in [-0.15, -0.1) is 0 Å². The summed E-state index contributed by atoms with van der Waals surface area (Å²) in [5.41, 5.74) is 12.8. The summed E-state index contributed by atoms with van der Waals surface area (Å²) in [6.07, 6.45) is 0. The van der Waals surface area contributed by atoms with E-state index in [0.29, 0.717) is 48.8 Å². The number of hydrogen-bond acceptors (Lipinski definition) is 10. The number of amides is 1. The molecule has 0 saturated carbocycles. The van der Waals surface area contributed by atoms with Crippen molar-refractivity contribution >= 4 is 40.7 Å². The fourth-order valence-corrected chi connectivity index (χ4v) is 3.76. The average Bonchev–Trinajstić information content (AvgIpc) is 2.74. The van der Waals surface area contributed by atoms with Crippen LogP contribution in [0.1, 0.15) is 13.8 Å². The summed E-state index contributed by atoms with van der Waals surface area (Å²) in [4.78, 5) is 22.9. The highest BCUT2D eigenvalue weighted by molar-refractivity contribution is 7.99. The maximum Gasteiger partial charge on any atom is 0.234 e. The Labute approximate surface area is 185 Å². The zero-order chi connectivity index (χ0) is 22.2. The number of carbonyl (C=O) groups is 1. The van der Waals surface area contributed by atoms with E-state index >= 15 is 0 Å². The number of ether oxygens (including phenoxy) is 3. The van der Waals surface area contributed by atoms with Gasteiger partial charge in [-0.1, -0.05) is 11.8 Å². The first-order chi connectivity index (χ1) is 15.0. The van der Waals surface area contributed by atoms with Crippen molar-refractivity contribution in [1.82, 2.24) is 9.97 Å². The molecule has 0 unspecified atom stereocenters. The van der Waals surface area contributed by atoms with Crippen LogP contribution in [0.15, 0.2) is 23.4 Å². The van der Waals surface area contributed by atoms with Gasteiger partial charge in [-0.25, -0.2) is 9.97 Å². The maximum atomic E-state index is 12.6. The topological polar surface area (TPSA) is 138 Å². The van der Waals surface area contributed by atoms with Gasteiger partial charge in [0.05, 0.1) is 43.6 Å². The van der Waals surface area contributed by atoms with Crippen molar-refractivity contribution in [2.75, 3.05) is 67.0 Å². The number of hydrogen-bond donors (Lipinski definition) is 3. The molecule has 1 aliphatic heterocycles. The molecule has 0 spiro atoms. The van der Waals surface area contributed by atoms with Gasteiger partial charge < -0.3 is 35.9 Å². The normalized spacial score (nSPS) is 13.7. The minimum Gasteiger partial charge on any atom is -0.492 e. The van der Waals surface area contributed by atoms with Crippen LogP contribution in [0, 0.1) is 0 Å². The number of nitrogens with one attached hydrogen (secondary N) is 1. The molecule has 0 atom stereocenters. The number of nitrogens with zero attached hydrogens (tertiary/aromatic N) is 3. The molecular weight excluding hydrogens is 420 g/mol. The molecule has 2 heterocycles. The lowest BCUT2D eigenvalue weighted by Crippen LogP contribution is -2.36. The van der Waals surface area contributed by atoms with Crippen molar-refractivity contribution in [3.8, 4) is 11.5 Å². The van der Waals surface area contributed by atoms with E-state index in [4.69, 9.17) is 25.7 Å². The monoisotopic (exact) mass is 448 g/mol. The number of benzene rings is 1. The van der Waals surface area contributed by atoms with Crippen molar-refractivity contribution in [1.29, 1.82) is 0 Å². The fourth-order valence-electron chi connectivity index (χ4n) is 3.09. The largest absolute Gasteiger partial charge is 0.492 e. The minimum atomic E-state index is -0.239. The second kappa shape index (κ2) is 10.9. The standard InChI is InChI=1S/C20H28N6O4S/c1-3-29-15-10-14(26-5-7-28-8-6-26)16(30-4-2)9-13(15)23-19(27)12-31-20-24-17(21)11-18(22)25-20/h9-11H,3-8,12H2,1-2H3,(H,23,27)(H4,21,22,24,25). The number of nitrogen functional groups attached to an aromatic ring is 2. The first kappa shape index (κ1) is 22.8. The van der Waals surface area contributed by atoms with Crippen LogP contribution in [0.4, 0.5) is 23.0 Å². The second-order valence-electron chi connectivity index (χ2n) is 6.62. The molecule has 1 saturated heterocycles.